The Morgan fingerprint density at radius 2 is 2.04 bits per heavy atom. The summed E-state index contributed by atoms with van der Waals surface area (Å²) in [4.78, 5) is 2.45. The van der Waals surface area contributed by atoms with Crippen LogP contribution in [-0.4, -0.2) is 34.3 Å². The fourth-order valence-electron chi connectivity index (χ4n) is 3.10. The van der Waals surface area contributed by atoms with Crippen LogP contribution in [-0.2, 0) is 13.1 Å². The third-order valence-corrected chi connectivity index (χ3v) is 5.68. The van der Waals surface area contributed by atoms with E-state index in [0.717, 1.165) is 34.8 Å². The summed E-state index contributed by atoms with van der Waals surface area (Å²) in [7, 11) is 0. The van der Waals surface area contributed by atoms with Gasteiger partial charge in [-0.3, -0.25) is 4.90 Å². The zero-order chi connectivity index (χ0) is 16.8. The molecule has 0 amide bonds. The van der Waals surface area contributed by atoms with Gasteiger partial charge in [0.05, 0.1) is 6.67 Å². The summed E-state index contributed by atoms with van der Waals surface area (Å²) in [5.74, 6) is 0.789. The molecular weight excluding hydrogens is 336 g/mol. The number of rotatable bonds is 7. The van der Waals surface area contributed by atoms with Crippen LogP contribution in [0.3, 0.4) is 0 Å². The largest absolute Gasteiger partial charge is 0.357 e. The first kappa shape index (κ1) is 17.3. The van der Waals surface area contributed by atoms with Gasteiger partial charge in [0.1, 0.15) is 0 Å². The van der Waals surface area contributed by atoms with Crippen molar-refractivity contribution in [2.75, 3.05) is 25.0 Å². The van der Waals surface area contributed by atoms with Crippen LogP contribution in [0.2, 0.25) is 0 Å². The Labute approximate surface area is 152 Å². The van der Waals surface area contributed by atoms with Crippen molar-refractivity contribution in [1.29, 1.82) is 0 Å². The highest BCUT2D eigenvalue weighted by Gasteiger charge is 2.20. The Morgan fingerprint density at radius 1 is 1.29 bits per heavy atom. The van der Waals surface area contributed by atoms with E-state index in [9.17, 15) is 0 Å². The average molecular weight is 361 g/mol. The zero-order valence-corrected chi connectivity index (χ0v) is 15.5. The van der Waals surface area contributed by atoms with Crippen molar-refractivity contribution in [3.05, 3.63) is 52.5 Å². The zero-order valence-electron chi connectivity index (χ0n) is 13.9. The Balaban J connectivity index is 1.49. The van der Waals surface area contributed by atoms with Crippen LogP contribution in [0.25, 0.3) is 0 Å². The highest BCUT2D eigenvalue weighted by Crippen LogP contribution is 2.22. The molecule has 4 nitrogen and oxygen atoms in total. The second-order valence-corrected chi connectivity index (χ2v) is 7.86. The molecule has 0 aliphatic carbocycles. The van der Waals surface area contributed by atoms with Crippen molar-refractivity contribution >= 4 is 28.7 Å². The first-order chi connectivity index (χ1) is 11.7. The van der Waals surface area contributed by atoms with Gasteiger partial charge in [0.15, 0.2) is 3.95 Å². The molecule has 24 heavy (non-hydrogen) atoms. The van der Waals surface area contributed by atoms with Crippen molar-refractivity contribution < 1.29 is 0 Å². The van der Waals surface area contributed by atoms with Crippen LogP contribution in [0.5, 0.6) is 0 Å². The molecule has 3 rings (SSSR count). The number of nitrogens with zero attached hydrogens (tertiary/aromatic N) is 3. The number of piperidine rings is 1. The van der Waals surface area contributed by atoms with E-state index < -0.39 is 0 Å². The van der Waals surface area contributed by atoms with Crippen molar-refractivity contribution in [1.82, 2.24) is 14.7 Å². The minimum absolute atomic E-state index is 0.715. The SMILES string of the molecule is C=CCNc1nn(CN2CCC(Cc3ccccc3)CC2)c(=S)s1. The van der Waals surface area contributed by atoms with E-state index in [0.29, 0.717) is 6.54 Å². The Kier molecular flexibility index (Phi) is 6.18. The lowest BCUT2D eigenvalue weighted by Gasteiger charge is -2.31. The van der Waals surface area contributed by atoms with Crippen LogP contribution in [0.1, 0.15) is 18.4 Å². The van der Waals surface area contributed by atoms with E-state index in [1.54, 1.807) is 0 Å². The summed E-state index contributed by atoms with van der Waals surface area (Å²) >= 11 is 6.95. The molecule has 6 heteroatoms. The van der Waals surface area contributed by atoms with E-state index in [1.165, 1.54) is 36.2 Å². The van der Waals surface area contributed by atoms with Crippen LogP contribution in [0.15, 0.2) is 43.0 Å². The average Bonchev–Trinajstić information content (AvgIpc) is 2.95. The van der Waals surface area contributed by atoms with E-state index in [1.807, 2.05) is 10.8 Å². The maximum atomic E-state index is 5.43. The monoisotopic (exact) mass is 360 g/mol. The normalized spacial score (nSPS) is 16.2. The van der Waals surface area contributed by atoms with Gasteiger partial charge in [-0.25, -0.2) is 4.68 Å². The fraction of sp³-hybridized carbons (Fsp3) is 0.444. The highest BCUT2D eigenvalue weighted by atomic mass is 32.1. The summed E-state index contributed by atoms with van der Waals surface area (Å²) < 4.78 is 2.76. The van der Waals surface area contributed by atoms with Gasteiger partial charge in [0, 0.05) is 19.6 Å². The van der Waals surface area contributed by atoms with Gasteiger partial charge in [0.2, 0.25) is 5.13 Å². The molecule has 128 valence electrons. The van der Waals surface area contributed by atoms with E-state index in [2.05, 4.69) is 52.2 Å². The van der Waals surface area contributed by atoms with E-state index in [4.69, 9.17) is 12.2 Å². The van der Waals surface area contributed by atoms with Gasteiger partial charge in [-0.2, -0.15) is 0 Å². The molecule has 1 saturated heterocycles. The number of aromatic nitrogens is 2. The van der Waals surface area contributed by atoms with E-state index in [-0.39, 0.29) is 0 Å². The Morgan fingerprint density at radius 3 is 2.75 bits per heavy atom. The minimum Gasteiger partial charge on any atom is -0.357 e. The van der Waals surface area contributed by atoms with Gasteiger partial charge < -0.3 is 5.32 Å². The summed E-state index contributed by atoms with van der Waals surface area (Å²) in [6, 6.07) is 10.8. The number of hydrogen-bond acceptors (Lipinski definition) is 5. The molecule has 0 bridgehead atoms. The third-order valence-electron chi connectivity index (χ3n) is 4.41. The topological polar surface area (TPSA) is 33.1 Å². The van der Waals surface area contributed by atoms with E-state index >= 15 is 0 Å². The molecule has 1 fully saturated rings. The van der Waals surface area contributed by atoms with Gasteiger partial charge >= 0.3 is 0 Å². The smallest absolute Gasteiger partial charge is 0.204 e. The molecule has 0 unspecified atom stereocenters. The number of nitrogens with one attached hydrogen (secondary N) is 1. The Bertz CT molecular complexity index is 699. The van der Waals surface area contributed by atoms with Crippen molar-refractivity contribution in [2.45, 2.75) is 25.9 Å². The second-order valence-electron chi connectivity index (χ2n) is 6.23. The van der Waals surface area contributed by atoms with Crippen LogP contribution in [0.4, 0.5) is 5.13 Å². The minimum atomic E-state index is 0.715. The van der Waals surface area contributed by atoms with Crippen molar-refractivity contribution in [2.24, 2.45) is 5.92 Å². The lowest BCUT2D eigenvalue weighted by Crippen LogP contribution is -2.36. The lowest BCUT2D eigenvalue weighted by molar-refractivity contribution is 0.140. The first-order valence-corrected chi connectivity index (χ1v) is 9.66. The molecule has 2 aromatic rings. The quantitative estimate of drug-likeness (QED) is 0.593. The summed E-state index contributed by atoms with van der Waals surface area (Å²) in [5, 5.41) is 8.64. The number of anilines is 1. The molecule has 1 N–H and O–H groups in total. The summed E-state index contributed by atoms with van der Waals surface area (Å²) in [5.41, 5.74) is 1.45. The highest BCUT2D eigenvalue weighted by molar-refractivity contribution is 7.73. The standard InChI is InChI=1S/C18H24N4S2/c1-2-10-19-17-20-22(18(23)24-17)14-21-11-8-16(9-12-21)13-15-6-4-3-5-7-15/h2-7,16H,1,8-14H2,(H,19,20). The maximum Gasteiger partial charge on any atom is 0.204 e. The predicted octanol–water partition coefficient (Wildman–Crippen LogP) is 4.18. The number of likely N-dealkylation sites (tertiary alicyclic amines) is 1. The first-order valence-electron chi connectivity index (χ1n) is 8.43. The second kappa shape index (κ2) is 8.55. The molecule has 1 aromatic heterocycles. The molecule has 0 saturated carbocycles. The molecule has 1 aliphatic rings. The third kappa shape index (κ3) is 4.75. The molecule has 0 radical (unpaired) electrons. The van der Waals surface area contributed by atoms with Gasteiger partial charge in [-0.1, -0.05) is 47.7 Å². The number of benzene rings is 1. The molecular formula is C18H24N4S2. The van der Waals surface area contributed by atoms with Crippen LogP contribution >= 0.6 is 23.6 Å². The van der Waals surface area contributed by atoms with Gasteiger partial charge in [-0.05, 0) is 43.0 Å². The predicted molar refractivity (Wildman–Crippen MR) is 104 cm³/mol. The van der Waals surface area contributed by atoms with Gasteiger partial charge in [0.25, 0.3) is 0 Å². The van der Waals surface area contributed by atoms with Crippen molar-refractivity contribution in [3.63, 3.8) is 0 Å². The fourth-order valence-corrected chi connectivity index (χ4v) is 4.09. The molecule has 0 spiro atoms. The lowest BCUT2D eigenvalue weighted by atomic mass is 9.90. The molecule has 1 aromatic carbocycles. The molecule has 0 atom stereocenters. The van der Waals surface area contributed by atoms with Crippen molar-refractivity contribution in [3.8, 4) is 0 Å². The van der Waals surface area contributed by atoms with Gasteiger partial charge in [-0.15, -0.1) is 11.7 Å². The molecule has 2 heterocycles. The Hall–Kier alpha value is -1.50. The summed E-state index contributed by atoms with van der Waals surface area (Å²) in [6.07, 6.45) is 5.51. The summed E-state index contributed by atoms with van der Waals surface area (Å²) in [6.45, 7) is 7.45. The van der Waals surface area contributed by atoms with Crippen LogP contribution in [0, 0.1) is 9.87 Å². The van der Waals surface area contributed by atoms with Crippen LogP contribution < -0.4 is 5.32 Å². The maximum absolute atomic E-state index is 5.43. The molecule has 1 aliphatic heterocycles. The number of hydrogen-bond donors (Lipinski definition) is 1.